The van der Waals surface area contributed by atoms with Crippen LogP contribution in [0.1, 0.15) is 20.3 Å². The monoisotopic (exact) mass is 338 g/mol. The number of aromatic hydroxyl groups is 2. The van der Waals surface area contributed by atoms with E-state index in [1.54, 1.807) is 13.8 Å². The fourth-order valence-electron chi connectivity index (χ4n) is 1.61. The predicted octanol–water partition coefficient (Wildman–Crippen LogP) is 1.44. The molecule has 1 aromatic rings. The Morgan fingerprint density at radius 2 is 1.62 bits per heavy atom. The summed E-state index contributed by atoms with van der Waals surface area (Å²) in [5.41, 5.74) is 0. The molecule has 2 N–H and O–H groups in total. The van der Waals surface area contributed by atoms with Crippen molar-refractivity contribution in [2.24, 2.45) is 0 Å². The van der Waals surface area contributed by atoms with Gasteiger partial charge in [-0.15, -0.1) is 0 Å². The van der Waals surface area contributed by atoms with E-state index in [9.17, 15) is 24.6 Å². The van der Waals surface area contributed by atoms with E-state index in [1.807, 2.05) is 0 Å². The summed E-state index contributed by atoms with van der Waals surface area (Å²) < 4.78 is 14.4. The second-order valence-corrected chi connectivity index (χ2v) is 4.53. The average molecular weight is 338 g/mol. The third-order valence-corrected chi connectivity index (χ3v) is 2.63. The first-order chi connectivity index (χ1) is 11.3. The average Bonchev–Trinajstić information content (AvgIpc) is 2.49. The Balaban J connectivity index is 2.66. The summed E-state index contributed by atoms with van der Waals surface area (Å²) in [5.74, 6) is -3.19. The first-order valence-corrected chi connectivity index (χ1v) is 7.15. The highest BCUT2D eigenvalue weighted by Gasteiger charge is 2.23. The molecule has 0 fully saturated rings. The van der Waals surface area contributed by atoms with Gasteiger partial charge in [-0.2, -0.15) is 0 Å². The molecule has 130 valence electrons. The molecule has 0 saturated heterocycles. The number of rotatable bonds is 7. The van der Waals surface area contributed by atoms with Crippen LogP contribution in [-0.4, -0.2) is 40.8 Å². The first-order valence-electron chi connectivity index (χ1n) is 7.15. The number of hydrogen-bond acceptors (Lipinski definition) is 8. The van der Waals surface area contributed by atoms with E-state index < -0.39 is 24.0 Å². The SMILES string of the molecule is CCOC(=O)C=CC(=O)OC(CC)C(=O)Oc1cc(O)cc(O)c1. The summed E-state index contributed by atoms with van der Waals surface area (Å²) in [6.07, 6.45) is 0.641. The van der Waals surface area contributed by atoms with Crippen LogP contribution in [0, 0.1) is 0 Å². The lowest BCUT2D eigenvalue weighted by Gasteiger charge is -2.14. The highest BCUT2D eigenvalue weighted by atomic mass is 16.6. The van der Waals surface area contributed by atoms with Gasteiger partial charge in [-0.1, -0.05) is 6.92 Å². The molecule has 0 aromatic heterocycles. The van der Waals surface area contributed by atoms with E-state index in [4.69, 9.17) is 9.47 Å². The molecule has 0 radical (unpaired) electrons. The van der Waals surface area contributed by atoms with Crippen LogP contribution >= 0.6 is 0 Å². The minimum Gasteiger partial charge on any atom is -0.508 e. The topological polar surface area (TPSA) is 119 Å². The van der Waals surface area contributed by atoms with Gasteiger partial charge in [0.1, 0.15) is 17.2 Å². The van der Waals surface area contributed by atoms with Crippen molar-refractivity contribution in [3.8, 4) is 17.2 Å². The minimum atomic E-state index is -1.21. The van der Waals surface area contributed by atoms with Crippen molar-refractivity contribution in [2.45, 2.75) is 26.4 Å². The molecule has 0 amide bonds. The lowest BCUT2D eigenvalue weighted by molar-refractivity contribution is -0.159. The normalized spacial score (nSPS) is 11.8. The van der Waals surface area contributed by atoms with Crippen LogP contribution in [0.5, 0.6) is 17.2 Å². The number of carbonyl (C=O) groups is 3. The van der Waals surface area contributed by atoms with Crippen LogP contribution in [0.15, 0.2) is 30.4 Å². The van der Waals surface area contributed by atoms with Crippen LogP contribution in [0.25, 0.3) is 0 Å². The second-order valence-electron chi connectivity index (χ2n) is 4.53. The second kappa shape index (κ2) is 9.19. The summed E-state index contributed by atoms with van der Waals surface area (Å²) in [6.45, 7) is 3.37. The molecule has 0 aliphatic heterocycles. The minimum absolute atomic E-state index is 0.103. The molecule has 0 bridgehead atoms. The Kier molecular flexibility index (Phi) is 7.28. The quantitative estimate of drug-likeness (QED) is 0.435. The van der Waals surface area contributed by atoms with Crippen molar-refractivity contribution in [3.05, 3.63) is 30.4 Å². The number of phenolic OH excluding ortho intramolecular Hbond substituents is 2. The predicted molar refractivity (Wildman–Crippen MR) is 81.4 cm³/mol. The summed E-state index contributed by atoms with van der Waals surface area (Å²) in [6, 6.07) is 3.30. The molecule has 0 heterocycles. The molecule has 0 aliphatic carbocycles. The third kappa shape index (κ3) is 6.39. The lowest BCUT2D eigenvalue weighted by atomic mass is 10.2. The number of hydrogen-bond donors (Lipinski definition) is 2. The molecule has 24 heavy (non-hydrogen) atoms. The fraction of sp³-hybridized carbons (Fsp3) is 0.312. The summed E-state index contributed by atoms with van der Waals surface area (Å²) >= 11 is 0. The van der Waals surface area contributed by atoms with Crippen LogP contribution in [0.3, 0.4) is 0 Å². The molecule has 1 aromatic carbocycles. The molecule has 1 unspecified atom stereocenters. The van der Waals surface area contributed by atoms with Gasteiger partial charge in [0.15, 0.2) is 6.10 Å². The van der Waals surface area contributed by atoms with E-state index in [0.717, 1.165) is 30.4 Å². The Labute approximate surface area is 138 Å². The summed E-state index contributed by atoms with van der Waals surface area (Å²) in [4.78, 5) is 34.6. The van der Waals surface area contributed by atoms with E-state index in [2.05, 4.69) is 4.74 Å². The van der Waals surface area contributed by atoms with Crippen molar-refractivity contribution in [1.82, 2.24) is 0 Å². The molecular formula is C16H18O8. The van der Waals surface area contributed by atoms with Gasteiger partial charge in [-0.25, -0.2) is 14.4 Å². The maximum Gasteiger partial charge on any atom is 0.352 e. The van der Waals surface area contributed by atoms with Gasteiger partial charge in [-0.05, 0) is 13.3 Å². The van der Waals surface area contributed by atoms with Crippen molar-refractivity contribution in [1.29, 1.82) is 0 Å². The zero-order valence-corrected chi connectivity index (χ0v) is 13.2. The van der Waals surface area contributed by atoms with E-state index >= 15 is 0 Å². The van der Waals surface area contributed by atoms with Crippen molar-refractivity contribution in [3.63, 3.8) is 0 Å². The Bertz CT molecular complexity index is 615. The summed E-state index contributed by atoms with van der Waals surface area (Å²) in [7, 11) is 0. The van der Waals surface area contributed by atoms with E-state index in [1.165, 1.54) is 0 Å². The number of ether oxygens (including phenoxy) is 3. The van der Waals surface area contributed by atoms with Gasteiger partial charge in [0.05, 0.1) is 6.61 Å². The largest absolute Gasteiger partial charge is 0.508 e. The lowest BCUT2D eigenvalue weighted by Crippen LogP contribution is -2.30. The van der Waals surface area contributed by atoms with Crippen molar-refractivity contribution < 1.29 is 38.8 Å². The van der Waals surface area contributed by atoms with E-state index in [-0.39, 0.29) is 30.3 Å². The van der Waals surface area contributed by atoms with E-state index in [0.29, 0.717) is 0 Å². The van der Waals surface area contributed by atoms with Crippen LogP contribution in [0.2, 0.25) is 0 Å². The van der Waals surface area contributed by atoms with Gasteiger partial charge < -0.3 is 24.4 Å². The maximum atomic E-state index is 12.0. The Morgan fingerprint density at radius 3 is 2.17 bits per heavy atom. The Morgan fingerprint density at radius 1 is 1.04 bits per heavy atom. The smallest absolute Gasteiger partial charge is 0.352 e. The van der Waals surface area contributed by atoms with Gasteiger partial charge >= 0.3 is 17.9 Å². The number of phenols is 2. The molecule has 0 spiro atoms. The maximum absolute atomic E-state index is 12.0. The highest BCUT2D eigenvalue weighted by Crippen LogP contribution is 2.26. The zero-order valence-electron chi connectivity index (χ0n) is 13.2. The Hall–Kier alpha value is -3.03. The van der Waals surface area contributed by atoms with Crippen LogP contribution < -0.4 is 4.74 Å². The fourth-order valence-corrected chi connectivity index (χ4v) is 1.61. The van der Waals surface area contributed by atoms with Gasteiger partial charge in [0.2, 0.25) is 0 Å². The standard InChI is InChI=1S/C16H18O8/c1-3-13(24-15(20)6-5-14(19)22-4-2)16(21)23-12-8-10(17)7-11(18)9-12/h5-9,13,17-18H,3-4H2,1-2H3. The molecular weight excluding hydrogens is 320 g/mol. The summed E-state index contributed by atoms with van der Waals surface area (Å²) in [5, 5.41) is 18.6. The van der Waals surface area contributed by atoms with Crippen molar-refractivity contribution >= 4 is 17.9 Å². The van der Waals surface area contributed by atoms with Gasteiger partial charge in [-0.3, -0.25) is 0 Å². The molecule has 8 heteroatoms. The number of carbonyl (C=O) groups excluding carboxylic acids is 3. The van der Waals surface area contributed by atoms with Crippen LogP contribution in [0.4, 0.5) is 0 Å². The molecule has 1 rings (SSSR count). The highest BCUT2D eigenvalue weighted by molar-refractivity contribution is 5.92. The molecule has 0 saturated carbocycles. The third-order valence-electron chi connectivity index (χ3n) is 2.63. The molecule has 8 nitrogen and oxygen atoms in total. The molecule has 0 aliphatic rings. The van der Waals surface area contributed by atoms with Crippen LogP contribution in [-0.2, 0) is 23.9 Å². The number of esters is 3. The molecule has 1 atom stereocenters. The van der Waals surface area contributed by atoms with Crippen molar-refractivity contribution in [2.75, 3.05) is 6.61 Å². The zero-order chi connectivity index (χ0) is 18.1. The first kappa shape index (κ1) is 19.0. The van der Waals surface area contributed by atoms with Gasteiger partial charge in [0, 0.05) is 30.4 Å². The van der Waals surface area contributed by atoms with Gasteiger partial charge in [0.25, 0.3) is 0 Å². The number of benzene rings is 1.